The summed E-state index contributed by atoms with van der Waals surface area (Å²) in [6, 6.07) is 12.3. The zero-order valence-corrected chi connectivity index (χ0v) is 15.5. The third-order valence-electron chi connectivity index (χ3n) is 4.99. The van der Waals surface area contributed by atoms with Gasteiger partial charge in [0.15, 0.2) is 0 Å². The number of fused-ring (bicyclic) bond motifs is 1. The number of carbonyl (C=O) groups excluding carboxylic acids is 1. The molecule has 0 unspecified atom stereocenters. The molecule has 1 amide bonds. The van der Waals surface area contributed by atoms with Gasteiger partial charge in [-0.3, -0.25) is 9.78 Å². The minimum Gasteiger partial charge on any atom is -0.336 e. The van der Waals surface area contributed by atoms with Gasteiger partial charge in [-0.05, 0) is 30.5 Å². The first kappa shape index (κ1) is 17.4. The van der Waals surface area contributed by atoms with Gasteiger partial charge in [0.25, 0.3) is 5.91 Å². The van der Waals surface area contributed by atoms with Gasteiger partial charge in [0.2, 0.25) is 0 Å². The van der Waals surface area contributed by atoms with Gasteiger partial charge in [-0.25, -0.2) is 0 Å². The van der Waals surface area contributed by atoms with E-state index >= 15 is 0 Å². The molecule has 0 bridgehead atoms. The number of aryl methyl sites for hydroxylation is 3. The molecular weight excluding hydrogens is 338 g/mol. The highest BCUT2D eigenvalue weighted by Gasteiger charge is 2.22. The van der Waals surface area contributed by atoms with E-state index in [2.05, 4.69) is 44.0 Å². The lowest BCUT2D eigenvalue weighted by Gasteiger charge is -2.20. The van der Waals surface area contributed by atoms with Crippen LogP contribution in [-0.2, 0) is 25.8 Å². The van der Waals surface area contributed by atoms with Crippen molar-refractivity contribution in [2.45, 2.75) is 32.7 Å². The molecular formula is C21H23N5O. The van der Waals surface area contributed by atoms with Gasteiger partial charge in [0.1, 0.15) is 11.6 Å². The SMILES string of the molecule is Cc1cncc(C(=O)N2CCc3nnc(CCc4ccccc4)n3CC2)c1. The van der Waals surface area contributed by atoms with Gasteiger partial charge < -0.3 is 9.47 Å². The minimum atomic E-state index is 0.0377. The van der Waals surface area contributed by atoms with Crippen molar-refractivity contribution in [3.05, 3.63) is 77.1 Å². The molecule has 6 heteroatoms. The summed E-state index contributed by atoms with van der Waals surface area (Å²) in [6.45, 7) is 4.00. The number of hydrogen-bond donors (Lipinski definition) is 0. The molecule has 138 valence electrons. The molecule has 27 heavy (non-hydrogen) atoms. The van der Waals surface area contributed by atoms with Crippen LogP contribution in [0.15, 0.2) is 48.8 Å². The summed E-state index contributed by atoms with van der Waals surface area (Å²) in [5.41, 5.74) is 2.94. The van der Waals surface area contributed by atoms with Crippen LogP contribution in [0, 0.1) is 6.92 Å². The van der Waals surface area contributed by atoms with Crippen LogP contribution < -0.4 is 0 Å². The smallest absolute Gasteiger partial charge is 0.255 e. The molecule has 3 heterocycles. The minimum absolute atomic E-state index is 0.0377. The summed E-state index contributed by atoms with van der Waals surface area (Å²) < 4.78 is 2.19. The van der Waals surface area contributed by atoms with Crippen molar-refractivity contribution in [3.8, 4) is 0 Å². The van der Waals surface area contributed by atoms with Crippen LogP contribution in [-0.4, -0.2) is 43.6 Å². The zero-order valence-electron chi connectivity index (χ0n) is 15.5. The second-order valence-corrected chi connectivity index (χ2v) is 6.96. The van der Waals surface area contributed by atoms with Gasteiger partial charge >= 0.3 is 0 Å². The predicted molar refractivity (Wildman–Crippen MR) is 102 cm³/mol. The molecule has 0 spiro atoms. The summed E-state index contributed by atoms with van der Waals surface area (Å²) >= 11 is 0. The maximum Gasteiger partial charge on any atom is 0.255 e. The average molecular weight is 361 g/mol. The number of benzene rings is 1. The Labute approximate surface area is 158 Å². The Bertz CT molecular complexity index is 935. The largest absolute Gasteiger partial charge is 0.336 e. The van der Waals surface area contributed by atoms with Crippen molar-refractivity contribution in [3.63, 3.8) is 0 Å². The third kappa shape index (κ3) is 3.89. The molecule has 4 rings (SSSR count). The van der Waals surface area contributed by atoms with Crippen molar-refractivity contribution in [2.75, 3.05) is 13.1 Å². The lowest BCUT2D eigenvalue weighted by Crippen LogP contribution is -2.33. The standard InChI is InChI=1S/C21H23N5O/c1-16-13-18(15-22-14-16)21(27)25-10-9-20-24-23-19(26(20)12-11-25)8-7-17-5-3-2-4-6-17/h2-6,13-15H,7-12H2,1H3. The van der Waals surface area contributed by atoms with E-state index in [-0.39, 0.29) is 5.91 Å². The number of rotatable bonds is 4. The van der Waals surface area contributed by atoms with Crippen LogP contribution >= 0.6 is 0 Å². The van der Waals surface area contributed by atoms with Crippen LogP contribution in [0.25, 0.3) is 0 Å². The Morgan fingerprint density at radius 1 is 1.04 bits per heavy atom. The zero-order chi connectivity index (χ0) is 18.6. The first-order valence-electron chi connectivity index (χ1n) is 9.36. The van der Waals surface area contributed by atoms with E-state index in [1.807, 2.05) is 24.0 Å². The Morgan fingerprint density at radius 2 is 1.89 bits per heavy atom. The van der Waals surface area contributed by atoms with E-state index in [0.29, 0.717) is 18.7 Å². The lowest BCUT2D eigenvalue weighted by atomic mass is 10.1. The maximum atomic E-state index is 12.8. The number of nitrogens with zero attached hydrogens (tertiary/aromatic N) is 5. The second kappa shape index (κ2) is 7.70. The van der Waals surface area contributed by atoms with Crippen molar-refractivity contribution < 1.29 is 4.79 Å². The first-order valence-corrected chi connectivity index (χ1v) is 9.36. The monoisotopic (exact) mass is 361 g/mol. The average Bonchev–Trinajstić information content (AvgIpc) is 2.96. The molecule has 0 N–H and O–H groups in total. The van der Waals surface area contributed by atoms with Crippen LogP contribution in [0.2, 0.25) is 0 Å². The van der Waals surface area contributed by atoms with E-state index in [1.54, 1.807) is 12.4 Å². The quantitative estimate of drug-likeness (QED) is 0.716. The summed E-state index contributed by atoms with van der Waals surface area (Å²) in [6.07, 6.45) is 5.93. The van der Waals surface area contributed by atoms with Crippen LogP contribution in [0.3, 0.4) is 0 Å². The molecule has 6 nitrogen and oxygen atoms in total. The number of carbonyl (C=O) groups is 1. The van der Waals surface area contributed by atoms with Crippen LogP contribution in [0.4, 0.5) is 0 Å². The molecule has 0 saturated carbocycles. The van der Waals surface area contributed by atoms with Crippen LogP contribution in [0.1, 0.15) is 33.1 Å². The molecule has 1 aromatic carbocycles. The third-order valence-corrected chi connectivity index (χ3v) is 4.99. The first-order chi connectivity index (χ1) is 13.2. The van der Waals surface area contributed by atoms with Crippen molar-refractivity contribution in [2.24, 2.45) is 0 Å². The number of amides is 1. The number of pyridine rings is 1. The predicted octanol–water partition coefficient (Wildman–Crippen LogP) is 2.47. The van der Waals surface area contributed by atoms with Gasteiger partial charge in [0.05, 0.1) is 5.56 Å². The van der Waals surface area contributed by atoms with E-state index < -0.39 is 0 Å². The summed E-state index contributed by atoms with van der Waals surface area (Å²) in [4.78, 5) is 18.9. The molecule has 0 aliphatic carbocycles. The van der Waals surface area contributed by atoms with E-state index in [4.69, 9.17) is 0 Å². The van der Waals surface area contributed by atoms with Crippen molar-refractivity contribution >= 4 is 5.91 Å². The fourth-order valence-corrected chi connectivity index (χ4v) is 3.53. The van der Waals surface area contributed by atoms with Gasteiger partial charge in [0, 0.05) is 44.9 Å². The van der Waals surface area contributed by atoms with Gasteiger partial charge in [-0.2, -0.15) is 0 Å². The molecule has 0 fully saturated rings. The van der Waals surface area contributed by atoms with E-state index in [1.165, 1.54) is 5.56 Å². The van der Waals surface area contributed by atoms with Gasteiger partial charge in [-0.15, -0.1) is 10.2 Å². The summed E-state index contributed by atoms with van der Waals surface area (Å²) in [5.74, 6) is 2.01. The number of hydrogen-bond acceptors (Lipinski definition) is 4. The molecule has 1 aliphatic heterocycles. The Hall–Kier alpha value is -3.02. The highest BCUT2D eigenvalue weighted by molar-refractivity contribution is 5.94. The molecule has 0 atom stereocenters. The van der Waals surface area contributed by atoms with Crippen molar-refractivity contribution in [1.82, 2.24) is 24.6 Å². The van der Waals surface area contributed by atoms with E-state index in [0.717, 1.165) is 43.0 Å². The molecule has 2 aromatic heterocycles. The van der Waals surface area contributed by atoms with Crippen molar-refractivity contribution in [1.29, 1.82) is 0 Å². The van der Waals surface area contributed by atoms with Gasteiger partial charge in [-0.1, -0.05) is 30.3 Å². The second-order valence-electron chi connectivity index (χ2n) is 6.96. The van der Waals surface area contributed by atoms with E-state index in [9.17, 15) is 4.79 Å². The fraction of sp³-hybridized carbons (Fsp3) is 0.333. The topological polar surface area (TPSA) is 63.9 Å². The van der Waals surface area contributed by atoms with Crippen LogP contribution in [0.5, 0.6) is 0 Å². The molecule has 0 radical (unpaired) electrons. The summed E-state index contributed by atoms with van der Waals surface area (Å²) in [7, 11) is 0. The highest BCUT2D eigenvalue weighted by Crippen LogP contribution is 2.14. The molecule has 1 aliphatic rings. The molecule has 3 aromatic rings. The maximum absolute atomic E-state index is 12.8. The Kier molecular flexibility index (Phi) is 4.96. The normalized spacial score (nSPS) is 13.9. The summed E-state index contributed by atoms with van der Waals surface area (Å²) in [5, 5.41) is 8.77. The number of aromatic nitrogens is 4. The highest BCUT2D eigenvalue weighted by atomic mass is 16.2. The fourth-order valence-electron chi connectivity index (χ4n) is 3.53. The Balaban J connectivity index is 1.44. The molecule has 0 saturated heterocycles. The Morgan fingerprint density at radius 3 is 2.70 bits per heavy atom. The lowest BCUT2D eigenvalue weighted by molar-refractivity contribution is 0.0758.